The zero-order valence-corrected chi connectivity index (χ0v) is 24.5. The molecule has 3 aromatic rings. The third-order valence-electron chi connectivity index (χ3n) is 8.74. The molecule has 0 spiro atoms. The van der Waals surface area contributed by atoms with Crippen LogP contribution in [0.2, 0.25) is 5.02 Å². The summed E-state index contributed by atoms with van der Waals surface area (Å²) >= 11 is 7.94. The Morgan fingerprint density at radius 1 is 1.19 bits per heavy atom. The minimum absolute atomic E-state index is 0.00276. The van der Waals surface area contributed by atoms with Crippen molar-refractivity contribution in [2.45, 2.75) is 75.3 Å². The zero-order chi connectivity index (χ0) is 29.8. The number of carbonyl (C=O) groups is 1. The number of nitrogens with zero attached hydrogens (tertiary/aromatic N) is 6. The summed E-state index contributed by atoms with van der Waals surface area (Å²) in [6.07, 6.45) is 6.77. The number of benzene rings is 1. The maximum atomic E-state index is 14.1. The Kier molecular flexibility index (Phi) is 7.42. The first kappa shape index (κ1) is 28.4. The summed E-state index contributed by atoms with van der Waals surface area (Å²) < 4.78 is 41.9. The number of urea groups is 1. The number of amidine groups is 1. The Bertz CT molecular complexity index is 1580. The molecule has 6 heterocycles. The van der Waals surface area contributed by atoms with E-state index in [0.717, 1.165) is 25.0 Å². The fourth-order valence-electron chi connectivity index (χ4n) is 6.98. The number of aliphatic hydroxyl groups excluding tert-OH is 1. The molecule has 14 heteroatoms. The predicted octanol–water partition coefficient (Wildman–Crippen LogP) is 5.60. The number of hydrogen-bond donors (Lipinski definition) is 2. The van der Waals surface area contributed by atoms with Gasteiger partial charge in [-0.2, -0.15) is 13.9 Å². The molecule has 2 amide bonds. The first-order valence-electron chi connectivity index (χ1n) is 14.3. The molecule has 0 radical (unpaired) electrons. The molecule has 4 aliphatic rings. The van der Waals surface area contributed by atoms with Gasteiger partial charge >= 0.3 is 12.6 Å². The van der Waals surface area contributed by atoms with E-state index in [1.807, 2.05) is 15.2 Å². The van der Waals surface area contributed by atoms with E-state index in [0.29, 0.717) is 58.2 Å². The molecule has 0 unspecified atom stereocenters. The highest BCUT2D eigenvalue weighted by molar-refractivity contribution is 7.11. The number of aromatic nitrogens is 3. The highest BCUT2D eigenvalue weighted by Gasteiger charge is 2.44. The predicted molar refractivity (Wildman–Crippen MR) is 155 cm³/mol. The highest BCUT2D eigenvalue weighted by atomic mass is 35.5. The number of fused-ring (bicyclic) bond motifs is 3. The van der Waals surface area contributed by atoms with Gasteiger partial charge < -0.3 is 20.2 Å². The fraction of sp³-hybridized carbons (Fsp3) is 0.448. The van der Waals surface area contributed by atoms with Crippen LogP contribution in [0, 0.1) is 5.82 Å². The molecule has 2 bridgehead atoms. The second-order valence-electron chi connectivity index (χ2n) is 11.4. The smallest absolute Gasteiger partial charge is 0.333 e. The van der Waals surface area contributed by atoms with Gasteiger partial charge in [-0.3, -0.25) is 4.99 Å². The summed E-state index contributed by atoms with van der Waals surface area (Å²) in [5.41, 5.74) is 2.10. The van der Waals surface area contributed by atoms with E-state index in [-0.39, 0.29) is 29.2 Å². The molecular weight excluding hydrogens is 603 g/mol. The van der Waals surface area contributed by atoms with Crippen molar-refractivity contribution in [2.75, 3.05) is 6.54 Å². The van der Waals surface area contributed by atoms with E-state index in [2.05, 4.69) is 15.4 Å². The van der Waals surface area contributed by atoms with Gasteiger partial charge in [0, 0.05) is 64.7 Å². The molecule has 4 aliphatic heterocycles. The van der Waals surface area contributed by atoms with Crippen LogP contribution in [0.5, 0.6) is 0 Å². The molecule has 2 N–H and O–H groups in total. The van der Waals surface area contributed by atoms with Crippen LogP contribution in [0.25, 0.3) is 5.57 Å². The van der Waals surface area contributed by atoms with Crippen molar-refractivity contribution in [3.8, 4) is 0 Å². The van der Waals surface area contributed by atoms with Crippen molar-refractivity contribution in [3.63, 3.8) is 0 Å². The molecule has 226 valence electrons. The Balaban J connectivity index is 1.29. The summed E-state index contributed by atoms with van der Waals surface area (Å²) in [7, 11) is 0. The number of nitrogens with one attached hydrogen (secondary N) is 1. The molecule has 0 aliphatic carbocycles. The van der Waals surface area contributed by atoms with Gasteiger partial charge in [0.25, 0.3) is 0 Å². The molecular formula is C29H29ClF3N7O2S. The maximum Gasteiger partial charge on any atom is 0.333 e. The molecule has 2 aromatic heterocycles. The number of hydrogen-bond acceptors (Lipinski definition) is 7. The van der Waals surface area contributed by atoms with E-state index in [4.69, 9.17) is 16.6 Å². The number of aliphatic imine (C=N–C) groups is 1. The Morgan fingerprint density at radius 2 is 1.98 bits per heavy atom. The van der Waals surface area contributed by atoms with Crippen LogP contribution in [0.4, 0.5) is 18.0 Å². The number of carbonyl (C=O) groups excluding carboxylic acids is 1. The summed E-state index contributed by atoms with van der Waals surface area (Å²) in [6.45, 7) is -2.45. The molecule has 0 saturated carbocycles. The van der Waals surface area contributed by atoms with Gasteiger partial charge in [0.05, 0.1) is 17.8 Å². The SMILES string of the molecule is O=C(N[C@H]1CC2=C(c3ccn(C(F)F)n3)[C@H](c3ccc(F)cc3Cl)N=C(c3nccs3)N2C1)N1[C@@H]2CCC[C@H]1C[C@@H](O)C2. The van der Waals surface area contributed by atoms with Gasteiger partial charge in [-0.25, -0.2) is 18.9 Å². The van der Waals surface area contributed by atoms with Gasteiger partial charge in [0.15, 0.2) is 10.8 Å². The zero-order valence-electron chi connectivity index (χ0n) is 22.9. The van der Waals surface area contributed by atoms with E-state index < -0.39 is 24.5 Å². The third kappa shape index (κ3) is 5.21. The number of rotatable bonds is 5. The van der Waals surface area contributed by atoms with Gasteiger partial charge in [0.2, 0.25) is 0 Å². The normalized spacial score (nSPS) is 27.0. The lowest BCUT2D eigenvalue weighted by Gasteiger charge is -2.47. The largest absolute Gasteiger partial charge is 0.393 e. The number of halogens is 4. The van der Waals surface area contributed by atoms with Crippen molar-refractivity contribution in [2.24, 2.45) is 4.99 Å². The summed E-state index contributed by atoms with van der Waals surface area (Å²) in [5, 5.41) is 20.3. The first-order valence-corrected chi connectivity index (χ1v) is 15.6. The minimum Gasteiger partial charge on any atom is -0.393 e. The molecule has 3 fully saturated rings. The van der Waals surface area contributed by atoms with Gasteiger partial charge in [-0.1, -0.05) is 17.7 Å². The third-order valence-corrected chi connectivity index (χ3v) is 9.83. The van der Waals surface area contributed by atoms with Crippen LogP contribution in [-0.2, 0) is 0 Å². The van der Waals surface area contributed by atoms with Crippen molar-refractivity contribution in [3.05, 3.63) is 74.8 Å². The van der Waals surface area contributed by atoms with Crippen LogP contribution in [0.15, 0.2) is 52.7 Å². The fourth-order valence-corrected chi connectivity index (χ4v) is 7.90. The van der Waals surface area contributed by atoms with Crippen molar-refractivity contribution in [1.82, 2.24) is 29.9 Å². The number of amides is 2. The number of alkyl halides is 2. The Morgan fingerprint density at radius 3 is 2.65 bits per heavy atom. The maximum absolute atomic E-state index is 14.1. The quantitative estimate of drug-likeness (QED) is 0.382. The second kappa shape index (κ2) is 11.3. The van der Waals surface area contributed by atoms with Gasteiger partial charge in [-0.05, 0) is 50.3 Å². The average molecular weight is 632 g/mol. The molecule has 5 atom stereocenters. The van der Waals surface area contributed by atoms with Crippen molar-refractivity contribution < 1.29 is 23.1 Å². The van der Waals surface area contributed by atoms with Crippen LogP contribution in [0.1, 0.15) is 67.4 Å². The number of thiazole rings is 1. The lowest BCUT2D eigenvalue weighted by Crippen LogP contribution is -2.60. The Labute approximate surface area is 254 Å². The van der Waals surface area contributed by atoms with E-state index in [1.165, 1.54) is 35.7 Å². The molecule has 1 aromatic carbocycles. The van der Waals surface area contributed by atoms with Gasteiger partial charge in [0.1, 0.15) is 11.9 Å². The second-order valence-corrected chi connectivity index (χ2v) is 12.7. The average Bonchev–Trinajstić information content (AvgIpc) is 3.73. The highest BCUT2D eigenvalue weighted by Crippen LogP contribution is 2.46. The minimum atomic E-state index is -2.83. The Hall–Kier alpha value is -3.42. The summed E-state index contributed by atoms with van der Waals surface area (Å²) in [5.74, 6) is 0.0484. The van der Waals surface area contributed by atoms with Crippen LogP contribution >= 0.6 is 22.9 Å². The van der Waals surface area contributed by atoms with Crippen LogP contribution in [0.3, 0.4) is 0 Å². The molecule has 9 nitrogen and oxygen atoms in total. The van der Waals surface area contributed by atoms with Crippen LogP contribution in [-0.4, -0.2) is 72.3 Å². The van der Waals surface area contributed by atoms with E-state index >= 15 is 0 Å². The topological polar surface area (TPSA) is 98.9 Å². The standard InChI is InChI=1S/C29H29ClF3N7O2S/c30-21-10-15(31)4-5-20(21)25-24(22-6-8-39(37-22)28(32)33)23-11-16(14-38(23)26(36-25)27-34-7-9-43-27)35-29(42)40-17-2-1-3-18(40)13-19(41)12-17/h4-10,16-19,25,28,41H,1-3,11-14H2,(H,35,42)/t16-,17-,18+,19+,25-/m0/s1. The van der Waals surface area contributed by atoms with E-state index in [1.54, 1.807) is 12.3 Å². The lowest BCUT2D eigenvalue weighted by atomic mass is 9.83. The van der Waals surface area contributed by atoms with Crippen molar-refractivity contribution >= 4 is 40.4 Å². The van der Waals surface area contributed by atoms with Gasteiger partial charge in [-0.15, -0.1) is 11.3 Å². The van der Waals surface area contributed by atoms with Crippen LogP contribution < -0.4 is 5.32 Å². The molecule has 43 heavy (non-hydrogen) atoms. The molecule has 3 saturated heterocycles. The van der Waals surface area contributed by atoms with Crippen molar-refractivity contribution in [1.29, 1.82) is 0 Å². The summed E-state index contributed by atoms with van der Waals surface area (Å²) in [6, 6.07) is 4.26. The summed E-state index contributed by atoms with van der Waals surface area (Å²) in [4.78, 5) is 27.1. The number of aliphatic hydroxyl groups is 1. The lowest BCUT2D eigenvalue weighted by molar-refractivity contribution is -0.00192. The number of piperidine rings is 2. The first-order chi connectivity index (χ1) is 20.8. The molecule has 7 rings (SSSR count). The monoisotopic (exact) mass is 631 g/mol. The van der Waals surface area contributed by atoms with E-state index in [9.17, 15) is 23.1 Å².